The van der Waals surface area contributed by atoms with E-state index in [9.17, 15) is 4.79 Å². The van der Waals surface area contributed by atoms with E-state index in [4.69, 9.17) is 15.2 Å². The van der Waals surface area contributed by atoms with E-state index in [1.54, 1.807) is 0 Å². The Balaban J connectivity index is 0.00000361. The molecule has 0 saturated heterocycles. The summed E-state index contributed by atoms with van der Waals surface area (Å²) in [5.74, 6) is 1.21. The summed E-state index contributed by atoms with van der Waals surface area (Å²) in [5, 5.41) is 0. The van der Waals surface area contributed by atoms with Crippen LogP contribution in [0.25, 0.3) is 0 Å². The molecule has 0 heterocycles. The van der Waals surface area contributed by atoms with Crippen molar-refractivity contribution in [1.29, 1.82) is 0 Å². The van der Waals surface area contributed by atoms with Gasteiger partial charge >= 0.3 is 5.97 Å². The maximum atomic E-state index is 11.7. The second kappa shape index (κ2) is 10.4. The van der Waals surface area contributed by atoms with Crippen LogP contribution in [0.3, 0.4) is 0 Å². The number of hydrogen-bond donors (Lipinski definition) is 1. The normalized spacial score (nSPS) is 22.9. The third-order valence-electron chi connectivity index (χ3n) is 3.67. The molecule has 0 aromatic rings. The van der Waals surface area contributed by atoms with Gasteiger partial charge in [-0.15, -0.1) is 12.4 Å². The summed E-state index contributed by atoms with van der Waals surface area (Å²) in [6.45, 7) is 8.18. The average molecular weight is 308 g/mol. The van der Waals surface area contributed by atoms with Crippen molar-refractivity contribution in [2.24, 2.45) is 23.5 Å². The lowest BCUT2D eigenvalue weighted by Gasteiger charge is -2.34. The zero-order chi connectivity index (χ0) is 14.3. The fourth-order valence-electron chi connectivity index (χ4n) is 2.62. The van der Waals surface area contributed by atoms with Crippen LogP contribution in [0, 0.1) is 17.8 Å². The fraction of sp³-hybridized carbons (Fsp3) is 0.933. The van der Waals surface area contributed by atoms with Crippen LogP contribution < -0.4 is 5.73 Å². The molecule has 0 spiro atoms. The topological polar surface area (TPSA) is 61.5 Å². The maximum Gasteiger partial charge on any atom is 0.306 e. The molecule has 0 aromatic heterocycles. The molecule has 0 bridgehead atoms. The molecule has 1 saturated carbocycles. The predicted octanol–water partition coefficient (Wildman–Crippen LogP) is 2.78. The summed E-state index contributed by atoms with van der Waals surface area (Å²) in [7, 11) is 0. The van der Waals surface area contributed by atoms with Gasteiger partial charge < -0.3 is 15.2 Å². The molecule has 1 fully saturated rings. The molecule has 5 heteroatoms. The number of rotatable bonds is 9. The Labute approximate surface area is 129 Å². The van der Waals surface area contributed by atoms with Crippen LogP contribution in [0.4, 0.5) is 0 Å². The highest BCUT2D eigenvalue weighted by Gasteiger charge is 2.30. The van der Waals surface area contributed by atoms with Crippen molar-refractivity contribution in [2.75, 3.05) is 19.8 Å². The van der Waals surface area contributed by atoms with Crippen LogP contribution in [0.5, 0.6) is 0 Å². The highest BCUT2D eigenvalue weighted by molar-refractivity contribution is 5.85. The summed E-state index contributed by atoms with van der Waals surface area (Å²) in [5.41, 5.74) is 5.69. The van der Waals surface area contributed by atoms with Crippen molar-refractivity contribution in [3.05, 3.63) is 0 Å². The first-order valence-electron chi connectivity index (χ1n) is 7.52. The van der Waals surface area contributed by atoms with Gasteiger partial charge in [0.05, 0.1) is 12.7 Å². The first kappa shape index (κ1) is 19.7. The predicted molar refractivity (Wildman–Crippen MR) is 83.0 cm³/mol. The fourth-order valence-corrected chi connectivity index (χ4v) is 2.62. The van der Waals surface area contributed by atoms with Gasteiger partial charge in [0.25, 0.3) is 0 Å². The van der Waals surface area contributed by atoms with Gasteiger partial charge in [-0.25, -0.2) is 0 Å². The SMILES string of the molecule is CCOC1CC(COC(=O)C[C@@H](CN)CC(C)C)C1.Cl. The maximum absolute atomic E-state index is 11.7. The van der Waals surface area contributed by atoms with Gasteiger partial charge in [0, 0.05) is 13.0 Å². The first-order chi connectivity index (χ1) is 9.05. The van der Waals surface area contributed by atoms with Gasteiger partial charge in [-0.1, -0.05) is 13.8 Å². The van der Waals surface area contributed by atoms with E-state index >= 15 is 0 Å². The second-order valence-corrected chi connectivity index (χ2v) is 6.03. The summed E-state index contributed by atoms with van der Waals surface area (Å²) in [6, 6.07) is 0. The van der Waals surface area contributed by atoms with Crippen LogP contribution in [0.1, 0.15) is 46.5 Å². The molecule has 20 heavy (non-hydrogen) atoms. The summed E-state index contributed by atoms with van der Waals surface area (Å²) >= 11 is 0. The van der Waals surface area contributed by atoms with Crippen LogP contribution >= 0.6 is 12.4 Å². The van der Waals surface area contributed by atoms with E-state index in [1.807, 2.05) is 6.92 Å². The van der Waals surface area contributed by atoms with E-state index < -0.39 is 0 Å². The quantitative estimate of drug-likeness (QED) is 0.665. The van der Waals surface area contributed by atoms with Crippen LogP contribution in [-0.2, 0) is 14.3 Å². The Kier molecular flexibility index (Phi) is 10.2. The second-order valence-electron chi connectivity index (χ2n) is 6.03. The average Bonchev–Trinajstić information content (AvgIpc) is 2.30. The van der Waals surface area contributed by atoms with Gasteiger partial charge in [-0.2, -0.15) is 0 Å². The number of hydrogen-bond acceptors (Lipinski definition) is 4. The van der Waals surface area contributed by atoms with E-state index in [1.165, 1.54) is 0 Å². The lowest BCUT2D eigenvalue weighted by atomic mass is 9.83. The van der Waals surface area contributed by atoms with Gasteiger partial charge in [-0.3, -0.25) is 4.79 Å². The van der Waals surface area contributed by atoms with Crippen LogP contribution in [-0.4, -0.2) is 31.8 Å². The Morgan fingerprint density at radius 2 is 2.00 bits per heavy atom. The summed E-state index contributed by atoms with van der Waals surface area (Å²) in [6.07, 6.45) is 3.87. The monoisotopic (exact) mass is 307 g/mol. The molecule has 0 aromatic carbocycles. The Bertz CT molecular complexity index is 268. The van der Waals surface area contributed by atoms with Gasteiger partial charge in [0.15, 0.2) is 0 Å². The molecule has 1 rings (SSSR count). The Morgan fingerprint density at radius 3 is 2.50 bits per heavy atom. The molecule has 4 nitrogen and oxygen atoms in total. The molecule has 1 aliphatic carbocycles. The lowest BCUT2D eigenvalue weighted by molar-refractivity contribution is -0.149. The van der Waals surface area contributed by atoms with Crippen molar-refractivity contribution in [3.63, 3.8) is 0 Å². The molecule has 120 valence electrons. The van der Waals surface area contributed by atoms with Crippen molar-refractivity contribution >= 4 is 18.4 Å². The minimum atomic E-state index is -0.101. The number of halogens is 1. The van der Waals surface area contributed by atoms with E-state index in [0.29, 0.717) is 37.5 Å². The highest BCUT2D eigenvalue weighted by Crippen LogP contribution is 2.30. The van der Waals surface area contributed by atoms with Gasteiger partial charge in [-0.05, 0) is 50.5 Å². The number of carbonyl (C=O) groups excluding carboxylic acids is 1. The Morgan fingerprint density at radius 1 is 1.35 bits per heavy atom. The third kappa shape index (κ3) is 7.46. The number of nitrogens with two attached hydrogens (primary N) is 1. The zero-order valence-corrected chi connectivity index (χ0v) is 13.8. The standard InChI is InChI=1S/C15H29NO3.ClH/c1-4-18-14-6-13(7-14)10-19-15(17)8-12(9-16)5-11(2)3;/h11-14H,4-10,16H2,1-3H3;1H/t12-,13?,14?;/m0./s1. The molecule has 1 aliphatic rings. The van der Waals surface area contributed by atoms with Crippen molar-refractivity contribution < 1.29 is 14.3 Å². The molecule has 0 unspecified atom stereocenters. The Hall–Kier alpha value is -0.320. The molecule has 2 N–H and O–H groups in total. The van der Waals surface area contributed by atoms with Crippen LogP contribution in [0.15, 0.2) is 0 Å². The van der Waals surface area contributed by atoms with E-state index in [2.05, 4.69) is 13.8 Å². The van der Waals surface area contributed by atoms with E-state index in [-0.39, 0.29) is 24.3 Å². The summed E-state index contributed by atoms with van der Waals surface area (Å²) < 4.78 is 10.8. The zero-order valence-electron chi connectivity index (χ0n) is 13.0. The number of ether oxygens (including phenoxy) is 2. The minimum Gasteiger partial charge on any atom is -0.465 e. The van der Waals surface area contributed by atoms with Crippen LogP contribution in [0.2, 0.25) is 0 Å². The number of carbonyl (C=O) groups is 1. The molecular weight excluding hydrogens is 278 g/mol. The van der Waals surface area contributed by atoms with Crippen molar-refractivity contribution in [2.45, 2.75) is 52.6 Å². The molecule has 0 amide bonds. The minimum absolute atomic E-state index is 0. The molecule has 0 radical (unpaired) electrons. The van der Waals surface area contributed by atoms with Crippen molar-refractivity contribution in [1.82, 2.24) is 0 Å². The molecular formula is C15H30ClNO3. The first-order valence-corrected chi connectivity index (χ1v) is 7.52. The van der Waals surface area contributed by atoms with Gasteiger partial charge in [0.2, 0.25) is 0 Å². The lowest BCUT2D eigenvalue weighted by Crippen LogP contribution is -2.35. The highest BCUT2D eigenvalue weighted by atomic mass is 35.5. The number of esters is 1. The smallest absolute Gasteiger partial charge is 0.306 e. The van der Waals surface area contributed by atoms with E-state index in [0.717, 1.165) is 25.9 Å². The third-order valence-corrected chi connectivity index (χ3v) is 3.67. The van der Waals surface area contributed by atoms with Gasteiger partial charge in [0.1, 0.15) is 0 Å². The van der Waals surface area contributed by atoms with Crippen molar-refractivity contribution in [3.8, 4) is 0 Å². The summed E-state index contributed by atoms with van der Waals surface area (Å²) in [4.78, 5) is 11.7. The molecule has 0 aliphatic heterocycles. The largest absolute Gasteiger partial charge is 0.465 e. The molecule has 1 atom stereocenters.